The van der Waals surface area contributed by atoms with Gasteiger partial charge in [-0.3, -0.25) is 9.59 Å². The Labute approximate surface area is 119 Å². The van der Waals surface area contributed by atoms with Crippen molar-refractivity contribution in [3.05, 3.63) is 0 Å². The fourth-order valence-corrected chi connectivity index (χ4v) is 1.83. The van der Waals surface area contributed by atoms with Gasteiger partial charge >= 0.3 is 12.0 Å². The largest absolute Gasteiger partial charge is 0.481 e. The highest BCUT2D eigenvalue weighted by Crippen LogP contribution is 2.04. The van der Waals surface area contributed by atoms with Gasteiger partial charge < -0.3 is 20.6 Å². The van der Waals surface area contributed by atoms with Gasteiger partial charge in [-0.15, -0.1) is 0 Å². The molecule has 0 aromatic carbocycles. The van der Waals surface area contributed by atoms with Crippen LogP contribution in [0.25, 0.3) is 0 Å². The van der Waals surface area contributed by atoms with E-state index in [9.17, 15) is 14.4 Å². The van der Waals surface area contributed by atoms with E-state index < -0.39 is 18.0 Å². The van der Waals surface area contributed by atoms with Gasteiger partial charge in [0.1, 0.15) is 6.54 Å². The molecule has 0 aromatic rings. The lowest BCUT2D eigenvalue weighted by Gasteiger charge is -2.25. The van der Waals surface area contributed by atoms with Gasteiger partial charge in [-0.05, 0) is 12.8 Å². The number of hydrogen-bond donors (Lipinski definition) is 3. The van der Waals surface area contributed by atoms with E-state index in [1.807, 2.05) is 13.8 Å². The van der Waals surface area contributed by atoms with Crippen LogP contribution < -0.4 is 10.6 Å². The number of nitrogens with zero attached hydrogens (tertiary/aromatic N) is 1. The molecule has 0 bridgehead atoms. The van der Waals surface area contributed by atoms with E-state index in [-0.39, 0.29) is 18.9 Å². The SMILES string of the molecule is CCCC(CC(=O)O)NC(=O)N(CCC)CC(=O)NC. The number of urea groups is 1. The van der Waals surface area contributed by atoms with Crippen LogP contribution in [0.1, 0.15) is 39.5 Å². The molecule has 0 aliphatic rings. The number of carbonyl (C=O) groups excluding carboxylic acids is 2. The van der Waals surface area contributed by atoms with E-state index in [4.69, 9.17) is 5.11 Å². The summed E-state index contributed by atoms with van der Waals surface area (Å²) in [5, 5.41) is 14.0. The van der Waals surface area contributed by atoms with Crippen LogP contribution in [-0.4, -0.2) is 54.1 Å². The number of carboxylic acid groups (broad SMARTS) is 1. The number of amides is 3. The molecular formula is C13H25N3O4. The lowest BCUT2D eigenvalue weighted by molar-refractivity contribution is -0.137. The molecule has 0 spiro atoms. The van der Waals surface area contributed by atoms with Crippen molar-refractivity contribution in [1.82, 2.24) is 15.5 Å². The van der Waals surface area contributed by atoms with Crippen LogP contribution in [0.15, 0.2) is 0 Å². The van der Waals surface area contributed by atoms with Crippen molar-refractivity contribution in [3.8, 4) is 0 Å². The Morgan fingerprint density at radius 2 is 1.85 bits per heavy atom. The molecule has 0 aliphatic carbocycles. The summed E-state index contributed by atoms with van der Waals surface area (Å²) in [7, 11) is 1.51. The maximum Gasteiger partial charge on any atom is 0.318 e. The predicted molar refractivity (Wildman–Crippen MR) is 75.4 cm³/mol. The van der Waals surface area contributed by atoms with Gasteiger partial charge in [-0.25, -0.2) is 4.79 Å². The highest BCUT2D eigenvalue weighted by atomic mass is 16.4. The number of carboxylic acids is 1. The molecule has 0 rings (SSSR count). The van der Waals surface area contributed by atoms with Crippen LogP contribution in [0.3, 0.4) is 0 Å². The van der Waals surface area contributed by atoms with Crippen molar-refractivity contribution < 1.29 is 19.5 Å². The Bertz CT molecular complexity index is 334. The Morgan fingerprint density at radius 3 is 2.30 bits per heavy atom. The summed E-state index contributed by atoms with van der Waals surface area (Å²) in [6.45, 7) is 4.26. The average Bonchev–Trinajstić information content (AvgIpc) is 2.37. The number of nitrogens with one attached hydrogen (secondary N) is 2. The van der Waals surface area contributed by atoms with Gasteiger partial charge in [0.25, 0.3) is 0 Å². The topological polar surface area (TPSA) is 98.7 Å². The summed E-state index contributed by atoms with van der Waals surface area (Å²) in [6.07, 6.45) is 1.99. The molecule has 7 heteroatoms. The van der Waals surface area contributed by atoms with Gasteiger partial charge in [0.05, 0.1) is 6.42 Å². The molecule has 0 aliphatic heterocycles. The van der Waals surface area contributed by atoms with Gasteiger partial charge in [0, 0.05) is 19.6 Å². The smallest absolute Gasteiger partial charge is 0.318 e. The van der Waals surface area contributed by atoms with Crippen LogP contribution in [0, 0.1) is 0 Å². The van der Waals surface area contributed by atoms with Crippen LogP contribution in [0.5, 0.6) is 0 Å². The second-order valence-corrected chi connectivity index (χ2v) is 4.63. The maximum absolute atomic E-state index is 12.1. The molecule has 116 valence electrons. The minimum atomic E-state index is -0.947. The monoisotopic (exact) mass is 287 g/mol. The molecule has 0 radical (unpaired) electrons. The number of rotatable bonds is 9. The molecule has 20 heavy (non-hydrogen) atoms. The van der Waals surface area contributed by atoms with E-state index in [1.165, 1.54) is 11.9 Å². The minimum absolute atomic E-state index is 0.0257. The third kappa shape index (κ3) is 7.60. The molecular weight excluding hydrogens is 262 g/mol. The highest BCUT2D eigenvalue weighted by Gasteiger charge is 2.20. The zero-order chi connectivity index (χ0) is 15.5. The Morgan fingerprint density at radius 1 is 1.20 bits per heavy atom. The quantitative estimate of drug-likeness (QED) is 0.584. The van der Waals surface area contributed by atoms with Crippen LogP contribution in [0.2, 0.25) is 0 Å². The second kappa shape index (κ2) is 10.1. The van der Waals surface area contributed by atoms with E-state index in [1.54, 1.807) is 0 Å². The molecule has 1 unspecified atom stereocenters. The van der Waals surface area contributed by atoms with Crippen molar-refractivity contribution >= 4 is 17.9 Å². The first-order valence-electron chi connectivity index (χ1n) is 6.92. The van der Waals surface area contributed by atoms with Crippen LogP contribution in [-0.2, 0) is 9.59 Å². The fraction of sp³-hybridized carbons (Fsp3) is 0.769. The standard InChI is InChI=1S/C13H25N3O4/c1-4-6-10(8-12(18)19)15-13(20)16(7-5-2)9-11(17)14-3/h10H,4-9H2,1-3H3,(H,14,17)(H,15,20)(H,18,19). The molecule has 3 N–H and O–H groups in total. The molecule has 0 fully saturated rings. The van der Waals surface area contributed by atoms with Gasteiger partial charge in [0.15, 0.2) is 0 Å². The molecule has 0 saturated carbocycles. The average molecular weight is 287 g/mol. The maximum atomic E-state index is 12.1. The van der Waals surface area contributed by atoms with Crippen molar-refractivity contribution in [1.29, 1.82) is 0 Å². The molecule has 0 aromatic heterocycles. The molecule has 3 amide bonds. The summed E-state index contributed by atoms with van der Waals surface area (Å²) >= 11 is 0. The summed E-state index contributed by atoms with van der Waals surface area (Å²) in [4.78, 5) is 35.6. The lowest BCUT2D eigenvalue weighted by Crippen LogP contribution is -2.48. The number of hydrogen-bond acceptors (Lipinski definition) is 3. The molecule has 0 saturated heterocycles. The van der Waals surface area contributed by atoms with E-state index in [0.29, 0.717) is 13.0 Å². The zero-order valence-corrected chi connectivity index (χ0v) is 12.4. The van der Waals surface area contributed by atoms with Crippen molar-refractivity contribution in [2.45, 2.75) is 45.6 Å². The normalized spacial score (nSPS) is 11.6. The Balaban J connectivity index is 4.60. The van der Waals surface area contributed by atoms with Gasteiger partial charge in [-0.1, -0.05) is 20.3 Å². The van der Waals surface area contributed by atoms with Crippen molar-refractivity contribution in [3.63, 3.8) is 0 Å². The third-order valence-corrected chi connectivity index (χ3v) is 2.78. The van der Waals surface area contributed by atoms with E-state index in [0.717, 1.165) is 12.8 Å². The lowest BCUT2D eigenvalue weighted by atomic mass is 10.1. The third-order valence-electron chi connectivity index (χ3n) is 2.78. The van der Waals surface area contributed by atoms with Gasteiger partial charge in [-0.2, -0.15) is 0 Å². The van der Waals surface area contributed by atoms with Crippen LogP contribution in [0.4, 0.5) is 4.79 Å². The second-order valence-electron chi connectivity index (χ2n) is 4.63. The molecule has 0 heterocycles. The fourth-order valence-electron chi connectivity index (χ4n) is 1.83. The van der Waals surface area contributed by atoms with E-state index >= 15 is 0 Å². The predicted octanol–water partition coefficient (Wildman–Crippen LogP) is 0.797. The van der Waals surface area contributed by atoms with Crippen LogP contribution >= 0.6 is 0 Å². The molecule has 1 atom stereocenters. The number of likely N-dealkylation sites (N-methyl/N-ethyl adjacent to an activating group) is 1. The summed E-state index contributed by atoms with van der Waals surface area (Å²) < 4.78 is 0. The highest BCUT2D eigenvalue weighted by molar-refractivity contribution is 5.84. The first-order chi connectivity index (χ1) is 9.44. The van der Waals surface area contributed by atoms with E-state index in [2.05, 4.69) is 10.6 Å². The summed E-state index contributed by atoms with van der Waals surface area (Å²) in [5.41, 5.74) is 0. The van der Waals surface area contributed by atoms with Crippen molar-refractivity contribution in [2.75, 3.05) is 20.1 Å². The molecule has 7 nitrogen and oxygen atoms in total. The number of carbonyl (C=O) groups is 3. The Hall–Kier alpha value is -1.79. The summed E-state index contributed by atoms with van der Waals surface area (Å²) in [6, 6.07) is -0.802. The first kappa shape index (κ1) is 18.2. The minimum Gasteiger partial charge on any atom is -0.481 e. The van der Waals surface area contributed by atoms with Gasteiger partial charge in [0.2, 0.25) is 5.91 Å². The van der Waals surface area contributed by atoms with Crippen molar-refractivity contribution in [2.24, 2.45) is 0 Å². The zero-order valence-electron chi connectivity index (χ0n) is 12.4. The Kier molecular flexibility index (Phi) is 9.15. The first-order valence-corrected chi connectivity index (χ1v) is 6.92. The summed E-state index contributed by atoms with van der Waals surface area (Å²) in [5.74, 6) is -1.20. The number of aliphatic carboxylic acids is 1.